The number of carbonyl (C=O) groups excluding carboxylic acids is 1. The molecule has 2 N–H and O–H groups in total. The van der Waals surface area contributed by atoms with Crippen molar-refractivity contribution in [2.24, 2.45) is 5.92 Å². The molecular weight excluding hydrogens is 314 g/mol. The molecule has 1 aromatic rings. The van der Waals surface area contributed by atoms with Gasteiger partial charge in [-0.15, -0.1) is 0 Å². The predicted octanol–water partition coefficient (Wildman–Crippen LogP) is 3.70. The highest BCUT2D eigenvalue weighted by Crippen LogP contribution is 2.36. The van der Waals surface area contributed by atoms with Crippen molar-refractivity contribution in [2.45, 2.75) is 69.8 Å². The van der Waals surface area contributed by atoms with E-state index in [0.717, 1.165) is 36.1 Å². The van der Waals surface area contributed by atoms with E-state index in [1.54, 1.807) is 7.11 Å². The standard InChI is InChI=1S/C21H31NO3/c1-25-18-10-11-19-17(14-18)8-5-13-21(19,24)15-22-20(23)12-9-16-6-3-2-4-7-16/h10-11,14,16,24H,2-9,12-13,15H2,1H3,(H,22,23). The average molecular weight is 345 g/mol. The number of hydrogen-bond donors (Lipinski definition) is 2. The van der Waals surface area contributed by atoms with Crippen LogP contribution in [0.25, 0.3) is 0 Å². The largest absolute Gasteiger partial charge is 0.497 e. The maximum atomic E-state index is 12.2. The Morgan fingerprint density at radius 2 is 2.08 bits per heavy atom. The van der Waals surface area contributed by atoms with Gasteiger partial charge in [0.2, 0.25) is 5.91 Å². The van der Waals surface area contributed by atoms with Crippen molar-refractivity contribution < 1.29 is 14.6 Å². The molecule has 0 aromatic heterocycles. The number of nitrogens with one attached hydrogen (secondary N) is 1. The second-order valence-corrected chi connectivity index (χ2v) is 7.73. The number of aryl methyl sites for hydroxylation is 1. The summed E-state index contributed by atoms with van der Waals surface area (Å²) < 4.78 is 5.28. The number of amides is 1. The smallest absolute Gasteiger partial charge is 0.220 e. The first-order valence-electron chi connectivity index (χ1n) is 9.77. The molecule has 1 aromatic carbocycles. The second-order valence-electron chi connectivity index (χ2n) is 7.73. The molecule has 0 spiro atoms. The van der Waals surface area contributed by atoms with Crippen molar-refractivity contribution >= 4 is 5.91 Å². The normalized spacial score (nSPS) is 23.8. The predicted molar refractivity (Wildman–Crippen MR) is 98.6 cm³/mol. The third-order valence-corrected chi connectivity index (χ3v) is 5.93. The molecule has 2 aliphatic carbocycles. The Kier molecular flexibility index (Phi) is 6.00. The molecule has 1 atom stereocenters. The summed E-state index contributed by atoms with van der Waals surface area (Å²) in [4.78, 5) is 12.2. The van der Waals surface area contributed by atoms with Crippen LogP contribution in [0.5, 0.6) is 5.75 Å². The average Bonchev–Trinajstić information content (AvgIpc) is 2.65. The number of fused-ring (bicyclic) bond motifs is 1. The monoisotopic (exact) mass is 345 g/mol. The maximum Gasteiger partial charge on any atom is 0.220 e. The highest BCUT2D eigenvalue weighted by molar-refractivity contribution is 5.76. The highest BCUT2D eigenvalue weighted by atomic mass is 16.5. The summed E-state index contributed by atoms with van der Waals surface area (Å²) in [5.74, 6) is 1.60. The van der Waals surface area contributed by atoms with Crippen LogP contribution < -0.4 is 10.1 Å². The van der Waals surface area contributed by atoms with E-state index >= 15 is 0 Å². The van der Waals surface area contributed by atoms with Gasteiger partial charge in [0.15, 0.2) is 0 Å². The molecule has 25 heavy (non-hydrogen) atoms. The lowest BCUT2D eigenvalue weighted by molar-refractivity contribution is -0.123. The van der Waals surface area contributed by atoms with E-state index in [1.807, 2.05) is 18.2 Å². The Morgan fingerprint density at radius 1 is 1.28 bits per heavy atom. The zero-order chi connectivity index (χ0) is 17.7. The molecule has 138 valence electrons. The second kappa shape index (κ2) is 8.22. The van der Waals surface area contributed by atoms with Gasteiger partial charge in [0, 0.05) is 6.42 Å². The van der Waals surface area contributed by atoms with E-state index in [1.165, 1.54) is 32.1 Å². The summed E-state index contributed by atoms with van der Waals surface area (Å²) in [7, 11) is 1.66. The number of ether oxygens (including phenoxy) is 1. The van der Waals surface area contributed by atoms with Gasteiger partial charge in [0.05, 0.1) is 13.7 Å². The van der Waals surface area contributed by atoms with Crippen molar-refractivity contribution in [1.29, 1.82) is 0 Å². The lowest BCUT2D eigenvalue weighted by Gasteiger charge is -2.35. The van der Waals surface area contributed by atoms with E-state index in [-0.39, 0.29) is 5.91 Å². The van der Waals surface area contributed by atoms with Gasteiger partial charge < -0.3 is 15.2 Å². The number of rotatable bonds is 6. The zero-order valence-corrected chi connectivity index (χ0v) is 15.4. The van der Waals surface area contributed by atoms with Gasteiger partial charge in [0.25, 0.3) is 0 Å². The van der Waals surface area contributed by atoms with Crippen molar-refractivity contribution in [2.75, 3.05) is 13.7 Å². The Bertz CT molecular complexity index is 595. The van der Waals surface area contributed by atoms with E-state index < -0.39 is 5.60 Å². The topological polar surface area (TPSA) is 58.6 Å². The molecule has 0 heterocycles. The molecule has 0 aliphatic heterocycles. The van der Waals surface area contributed by atoms with Crippen LogP contribution in [0.4, 0.5) is 0 Å². The van der Waals surface area contributed by atoms with E-state index in [4.69, 9.17) is 4.74 Å². The van der Waals surface area contributed by atoms with Crippen LogP contribution in [0.15, 0.2) is 18.2 Å². The van der Waals surface area contributed by atoms with E-state index in [2.05, 4.69) is 5.32 Å². The molecule has 1 unspecified atom stereocenters. The van der Waals surface area contributed by atoms with Gasteiger partial charge in [-0.2, -0.15) is 0 Å². The Morgan fingerprint density at radius 3 is 2.84 bits per heavy atom. The zero-order valence-electron chi connectivity index (χ0n) is 15.4. The maximum absolute atomic E-state index is 12.2. The fourth-order valence-corrected chi connectivity index (χ4v) is 4.39. The third-order valence-electron chi connectivity index (χ3n) is 5.93. The van der Waals surface area contributed by atoms with Gasteiger partial charge >= 0.3 is 0 Å². The summed E-state index contributed by atoms with van der Waals surface area (Å²) in [5, 5.41) is 14.1. The molecular formula is C21H31NO3. The van der Waals surface area contributed by atoms with Crippen LogP contribution in [0.1, 0.15) is 68.9 Å². The first-order valence-corrected chi connectivity index (χ1v) is 9.77. The van der Waals surface area contributed by atoms with Gasteiger partial charge in [-0.05, 0) is 54.9 Å². The molecule has 3 rings (SSSR count). The third kappa shape index (κ3) is 4.55. The quantitative estimate of drug-likeness (QED) is 0.826. The number of benzene rings is 1. The molecule has 0 radical (unpaired) electrons. The van der Waals surface area contributed by atoms with E-state index in [9.17, 15) is 9.90 Å². The number of carbonyl (C=O) groups is 1. The number of hydrogen-bond acceptors (Lipinski definition) is 3. The Labute approximate surface area is 151 Å². The van der Waals surface area contributed by atoms with Gasteiger partial charge in [-0.1, -0.05) is 38.2 Å². The van der Waals surface area contributed by atoms with Gasteiger partial charge in [0.1, 0.15) is 11.4 Å². The fourth-order valence-electron chi connectivity index (χ4n) is 4.39. The number of methoxy groups -OCH3 is 1. The molecule has 1 saturated carbocycles. The first kappa shape index (κ1) is 18.2. The molecule has 1 fully saturated rings. The SMILES string of the molecule is COc1ccc2c(c1)CCCC2(O)CNC(=O)CCC1CCCCC1. The van der Waals surface area contributed by atoms with Crippen molar-refractivity contribution in [3.63, 3.8) is 0 Å². The molecule has 4 heteroatoms. The lowest BCUT2D eigenvalue weighted by Crippen LogP contribution is -2.43. The van der Waals surface area contributed by atoms with Crippen LogP contribution in [0.3, 0.4) is 0 Å². The highest BCUT2D eigenvalue weighted by Gasteiger charge is 2.34. The van der Waals surface area contributed by atoms with Crippen LogP contribution in [0, 0.1) is 5.92 Å². The Hall–Kier alpha value is -1.55. The van der Waals surface area contributed by atoms with Crippen LogP contribution >= 0.6 is 0 Å². The Balaban J connectivity index is 1.54. The minimum Gasteiger partial charge on any atom is -0.497 e. The van der Waals surface area contributed by atoms with Crippen molar-refractivity contribution in [3.8, 4) is 5.75 Å². The lowest BCUT2D eigenvalue weighted by atomic mass is 9.79. The summed E-state index contributed by atoms with van der Waals surface area (Å²) in [6.07, 6.45) is 10.6. The van der Waals surface area contributed by atoms with Crippen molar-refractivity contribution in [1.82, 2.24) is 5.32 Å². The summed E-state index contributed by atoms with van der Waals surface area (Å²) in [6, 6.07) is 5.84. The summed E-state index contributed by atoms with van der Waals surface area (Å²) in [6.45, 7) is 0.301. The summed E-state index contributed by atoms with van der Waals surface area (Å²) >= 11 is 0. The van der Waals surface area contributed by atoms with E-state index in [0.29, 0.717) is 25.3 Å². The minimum atomic E-state index is -0.958. The van der Waals surface area contributed by atoms with Crippen LogP contribution in [0.2, 0.25) is 0 Å². The summed E-state index contributed by atoms with van der Waals surface area (Å²) in [5.41, 5.74) is 1.11. The number of aliphatic hydroxyl groups is 1. The molecule has 4 nitrogen and oxygen atoms in total. The van der Waals surface area contributed by atoms with Crippen LogP contribution in [-0.4, -0.2) is 24.7 Å². The molecule has 0 bridgehead atoms. The molecule has 2 aliphatic rings. The van der Waals surface area contributed by atoms with Crippen LogP contribution in [-0.2, 0) is 16.8 Å². The first-order chi connectivity index (χ1) is 12.1. The van der Waals surface area contributed by atoms with Gasteiger partial charge in [-0.3, -0.25) is 4.79 Å². The fraction of sp³-hybridized carbons (Fsp3) is 0.667. The molecule has 1 amide bonds. The van der Waals surface area contributed by atoms with Gasteiger partial charge in [-0.25, -0.2) is 0 Å². The molecule has 0 saturated heterocycles. The van der Waals surface area contributed by atoms with Crippen molar-refractivity contribution in [3.05, 3.63) is 29.3 Å². The minimum absolute atomic E-state index is 0.0691.